The molecule has 0 spiro atoms. The van der Waals surface area contributed by atoms with Crippen molar-refractivity contribution in [2.75, 3.05) is 13.1 Å². The summed E-state index contributed by atoms with van der Waals surface area (Å²) >= 11 is 1.50. The van der Waals surface area contributed by atoms with Crippen LogP contribution in [0.3, 0.4) is 0 Å². The zero-order chi connectivity index (χ0) is 17.4. The lowest BCUT2D eigenvalue weighted by Gasteiger charge is -2.45. The number of hydrogen-bond donors (Lipinski definition) is 1. The number of fused-ring (bicyclic) bond motifs is 3. The SMILES string of the molecule is CC(=O)c1ccc(-c2ccc(C(=O)NC3CC4CCN3CC4)s2)cc1. The highest BCUT2D eigenvalue weighted by Gasteiger charge is 2.34. The van der Waals surface area contributed by atoms with Gasteiger partial charge in [0.2, 0.25) is 0 Å². The lowest BCUT2D eigenvalue weighted by Crippen LogP contribution is -2.56. The lowest BCUT2D eigenvalue weighted by atomic mass is 9.86. The van der Waals surface area contributed by atoms with Crippen molar-refractivity contribution in [3.05, 3.63) is 46.8 Å². The monoisotopic (exact) mass is 354 g/mol. The van der Waals surface area contributed by atoms with Crippen molar-refractivity contribution in [1.82, 2.24) is 10.2 Å². The van der Waals surface area contributed by atoms with E-state index in [9.17, 15) is 9.59 Å². The zero-order valence-electron chi connectivity index (χ0n) is 14.3. The van der Waals surface area contributed by atoms with Crippen LogP contribution < -0.4 is 5.32 Å². The molecule has 3 saturated heterocycles. The largest absolute Gasteiger partial charge is 0.336 e. The molecule has 25 heavy (non-hydrogen) atoms. The van der Waals surface area contributed by atoms with Gasteiger partial charge >= 0.3 is 0 Å². The summed E-state index contributed by atoms with van der Waals surface area (Å²) in [5.74, 6) is 0.859. The Kier molecular flexibility index (Phi) is 4.44. The van der Waals surface area contributed by atoms with Crippen LogP contribution in [0, 0.1) is 5.92 Å². The third kappa shape index (κ3) is 3.39. The summed E-state index contributed by atoms with van der Waals surface area (Å²) < 4.78 is 0. The smallest absolute Gasteiger partial charge is 0.262 e. The molecule has 5 heteroatoms. The van der Waals surface area contributed by atoms with Crippen molar-refractivity contribution in [2.24, 2.45) is 5.92 Å². The van der Waals surface area contributed by atoms with Gasteiger partial charge in [0.15, 0.2) is 5.78 Å². The third-order valence-electron chi connectivity index (χ3n) is 5.35. The van der Waals surface area contributed by atoms with Gasteiger partial charge in [-0.15, -0.1) is 11.3 Å². The Morgan fingerprint density at radius 3 is 2.40 bits per heavy atom. The first-order valence-electron chi connectivity index (χ1n) is 8.86. The van der Waals surface area contributed by atoms with Gasteiger partial charge in [0.05, 0.1) is 11.0 Å². The molecular weight excluding hydrogens is 332 g/mol. The first-order chi connectivity index (χ1) is 12.1. The highest BCUT2D eigenvalue weighted by atomic mass is 32.1. The molecule has 2 bridgehead atoms. The summed E-state index contributed by atoms with van der Waals surface area (Å²) in [6.07, 6.45) is 3.81. The number of nitrogens with zero attached hydrogens (tertiary/aromatic N) is 1. The van der Waals surface area contributed by atoms with Crippen LogP contribution in [0.25, 0.3) is 10.4 Å². The number of carbonyl (C=O) groups excluding carboxylic acids is 2. The van der Waals surface area contributed by atoms with Gasteiger partial charge in [0.1, 0.15) is 0 Å². The van der Waals surface area contributed by atoms with Crippen molar-refractivity contribution in [3.63, 3.8) is 0 Å². The quantitative estimate of drug-likeness (QED) is 0.850. The first-order valence-corrected chi connectivity index (χ1v) is 9.68. The molecule has 4 nitrogen and oxygen atoms in total. The van der Waals surface area contributed by atoms with Crippen LogP contribution in [-0.2, 0) is 0 Å². The fourth-order valence-corrected chi connectivity index (χ4v) is 4.74. The van der Waals surface area contributed by atoms with E-state index in [1.807, 2.05) is 36.4 Å². The maximum atomic E-state index is 12.6. The van der Waals surface area contributed by atoms with Gasteiger partial charge in [-0.05, 0) is 49.8 Å². The number of ketones is 1. The van der Waals surface area contributed by atoms with Crippen LogP contribution in [0.2, 0.25) is 0 Å². The Bertz CT molecular complexity index is 788. The summed E-state index contributed by atoms with van der Waals surface area (Å²) in [4.78, 5) is 28.2. The predicted molar refractivity (Wildman–Crippen MR) is 99.9 cm³/mol. The van der Waals surface area contributed by atoms with E-state index in [1.165, 1.54) is 24.2 Å². The molecule has 1 aromatic heterocycles. The van der Waals surface area contributed by atoms with Crippen molar-refractivity contribution in [2.45, 2.75) is 32.4 Å². The summed E-state index contributed by atoms with van der Waals surface area (Å²) in [5.41, 5.74) is 1.74. The van der Waals surface area contributed by atoms with Gasteiger partial charge in [0.25, 0.3) is 5.91 Å². The molecule has 1 aromatic carbocycles. The van der Waals surface area contributed by atoms with Crippen molar-refractivity contribution < 1.29 is 9.59 Å². The first kappa shape index (κ1) is 16.5. The predicted octanol–water partition coefficient (Wildman–Crippen LogP) is 3.79. The second kappa shape index (κ2) is 6.73. The molecule has 5 rings (SSSR count). The van der Waals surface area contributed by atoms with Crippen LogP contribution >= 0.6 is 11.3 Å². The van der Waals surface area contributed by atoms with E-state index >= 15 is 0 Å². The maximum absolute atomic E-state index is 12.6. The number of piperidine rings is 3. The topological polar surface area (TPSA) is 49.4 Å². The minimum atomic E-state index is 0.0224. The summed E-state index contributed by atoms with van der Waals surface area (Å²) in [6.45, 7) is 3.78. The van der Waals surface area contributed by atoms with E-state index < -0.39 is 0 Å². The minimum Gasteiger partial charge on any atom is -0.336 e. The van der Waals surface area contributed by atoms with Gasteiger partial charge in [-0.2, -0.15) is 0 Å². The molecule has 0 saturated carbocycles. The molecule has 1 N–H and O–H groups in total. The minimum absolute atomic E-state index is 0.0224. The van der Waals surface area contributed by atoms with E-state index in [1.54, 1.807) is 6.92 Å². The lowest BCUT2D eigenvalue weighted by molar-refractivity contribution is 0.0296. The number of amides is 1. The summed E-state index contributed by atoms with van der Waals surface area (Å²) in [7, 11) is 0. The number of hydrogen-bond acceptors (Lipinski definition) is 4. The van der Waals surface area contributed by atoms with Crippen molar-refractivity contribution >= 4 is 23.0 Å². The second-order valence-electron chi connectivity index (χ2n) is 7.00. The molecule has 3 aliphatic heterocycles. The number of carbonyl (C=O) groups is 2. The number of nitrogens with one attached hydrogen (secondary N) is 1. The highest BCUT2D eigenvalue weighted by Crippen LogP contribution is 2.32. The fourth-order valence-electron chi connectivity index (χ4n) is 3.82. The summed E-state index contributed by atoms with van der Waals surface area (Å²) in [6, 6.07) is 11.4. The number of rotatable bonds is 4. The van der Waals surface area contributed by atoms with Gasteiger partial charge in [0, 0.05) is 23.5 Å². The Morgan fingerprint density at radius 1 is 1.08 bits per heavy atom. The van der Waals surface area contributed by atoms with E-state index in [0.717, 1.165) is 40.7 Å². The van der Waals surface area contributed by atoms with E-state index in [2.05, 4.69) is 10.2 Å². The molecule has 0 aliphatic carbocycles. The Morgan fingerprint density at radius 2 is 1.80 bits per heavy atom. The van der Waals surface area contributed by atoms with Crippen LogP contribution in [0.15, 0.2) is 36.4 Å². The average Bonchev–Trinajstić information content (AvgIpc) is 3.13. The van der Waals surface area contributed by atoms with E-state index in [4.69, 9.17) is 0 Å². The van der Waals surface area contributed by atoms with E-state index in [-0.39, 0.29) is 17.9 Å². The van der Waals surface area contributed by atoms with Gasteiger partial charge in [-0.3, -0.25) is 14.5 Å². The molecule has 130 valence electrons. The molecular formula is C20H22N2O2S. The molecule has 4 heterocycles. The zero-order valence-corrected chi connectivity index (χ0v) is 15.1. The molecule has 0 radical (unpaired) electrons. The maximum Gasteiger partial charge on any atom is 0.262 e. The normalized spacial score (nSPS) is 24.9. The van der Waals surface area contributed by atoms with Crippen LogP contribution in [0.4, 0.5) is 0 Å². The molecule has 3 aliphatic rings. The third-order valence-corrected chi connectivity index (χ3v) is 6.48. The molecule has 1 amide bonds. The van der Waals surface area contributed by atoms with E-state index in [0.29, 0.717) is 5.56 Å². The van der Waals surface area contributed by atoms with Gasteiger partial charge < -0.3 is 5.32 Å². The van der Waals surface area contributed by atoms with Crippen LogP contribution in [0.5, 0.6) is 0 Å². The number of benzene rings is 1. The van der Waals surface area contributed by atoms with Gasteiger partial charge in [-0.1, -0.05) is 24.3 Å². The number of thiophene rings is 1. The Labute approximate surface area is 151 Å². The standard InChI is InChI=1S/C20H22N2O2S/c1-13(23)15-2-4-16(5-3-15)17-6-7-18(25-17)20(24)21-19-12-14-8-10-22(19)11-9-14/h2-7,14,19H,8-12H2,1H3,(H,21,24). The van der Waals surface area contributed by atoms with Crippen LogP contribution in [0.1, 0.15) is 46.2 Å². The molecule has 1 unspecified atom stereocenters. The van der Waals surface area contributed by atoms with Gasteiger partial charge in [-0.25, -0.2) is 0 Å². The Balaban J connectivity index is 1.45. The number of Topliss-reactive ketones (excluding diaryl/α,β-unsaturated/α-hetero) is 1. The Hall–Kier alpha value is -1.98. The second-order valence-corrected chi connectivity index (χ2v) is 8.09. The summed E-state index contributed by atoms with van der Waals surface area (Å²) in [5, 5.41) is 3.21. The van der Waals surface area contributed by atoms with Crippen LogP contribution in [-0.4, -0.2) is 35.8 Å². The molecule has 2 aromatic rings. The van der Waals surface area contributed by atoms with Crippen molar-refractivity contribution in [3.8, 4) is 10.4 Å². The highest BCUT2D eigenvalue weighted by molar-refractivity contribution is 7.17. The molecule has 1 atom stereocenters. The van der Waals surface area contributed by atoms with Crippen molar-refractivity contribution in [1.29, 1.82) is 0 Å². The molecule has 3 fully saturated rings. The fraction of sp³-hybridized carbons (Fsp3) is 0.400. The average molecular weight is 354 g/mol.